The number of methoxy groups -OCH3 is 1. The number of halogens is 5. The Balaban J connectivity index is 1.45. The highest BCUT2D eigenvalue weighted by molar-refractivity contribution is 6.33. The maximum absolute atomic E-state index is 15.1. The number of anilines is 1. The number of hydrogen-bond acceptors (Lipinski definition) is 8. The minimum atomic E-state index is -4.75. The van der Waals surface area contributed by atoms with Crippen LogP contribution < -0.4 is 10.2 Å². The van der Waals surface area contributed by atoms with Crippen LogP contribution >= 0.6 is 23.2 Å². The third-order valence-corrected chi connectivity index (χ3v) is 11.1. The van der Waals surface area contributed by atoms with Gasteiger partial charge >= 0.3 is 6.18 Å². The molecular weight excluding hydrogens is 700 g/mol. The number of aromatic hydroxyl groups is 1. The lowest BCUT2D eigenvalue weighted by atomic mass is 9.49. The van der Waals surface area contributed by atoms with Crippen LogP contribution in [0.25, 0.3) is 0 Å². The van der Waals surface area contributed by atoms with E-state index in [1.54, 1.807) is 43.3 Å². The van der Waals surface area contributed by atoms with Crippen LogP contribution in [0.4, 0.5) is 19.0 Å². The maximum Gasteiger partial charge on any atom is 0.417 e. The minimum absolute atomic E-state index is 0.0312. The van der Waals surface area contributed by atoms with Crippen molar-refractivity contribution < 1.29 is 42.2 Å². The fourth-order valence-corrected chi connectivity index (χ4v) is 8.73. The highest BCUT2D eigenvalue weighted by Gasteiger charge is 2.70. The largest absolute Gasteiger partial charge is 0.508 e. The highest BCUT2D eigenvalue weighted by atomic mass is 35.5. The van der Waals surface area contributed by atoms with Crippen molar-refractivity contribution in [1.29, 1.82) is 0 Å². The number of amides is 4. The number of hydrazine groups is 1. The SMILES string of the molecule is CCN1C(=O)C2CC=C3C(CC4C(=O)N(Nc5ncc(C(F)(F)F)cc5Cl)C(=O)C4(c4ccc(Cl)cc4)C3c3ccc(OC)cc3O)C2C1=O. The van der Waals surface area contributed by atoms with Crippen molar-refractivity contribution in [3.63, 3.8) is 0 Å². The number of nitrogens with one attached hydrogen (secondary N) is 1. The van der Waals surface area contributed by atoms with Crippen LogP contribution in [0.5, 0.6) is 11.5 Å². The number of imide groups is 2. The van der Waals surface area contributed by atoms with E-state index in [2.05, 4.69) is 10.4 Å². The van der Waals surface area contributed by atoms with Gasteiger partial charge < -0.3 is 9.84 Å². The Labute approximate surface area is 293 Å². The summed E-state index contributed by atoms with van der Waals surface area (Å²) in [6.07, 6.45) is -2.22. The molecule has 1 saturated carbocycles. The lowest BCUT2D eigenvalue weighted by Gasteiger charge is -2.50. The van der Waals surface area contributed by atoms with Gasteiger partial charge in [-0.3, -0.25) is 29.5 Å². The number of carbonyl (C=O) groups excluding carboxylic acids is 4. The molecule has 3 heterocycles. The molecule has 2 aliphatic carbocycles. The third kappa shape index (κ3) is 4.88. The first-order valence-electron chi connectivity index (χ1n) is 15.8. The Kier molecular flexibility index (Phi) is 8.13. The van der Waals surface area contributed by atoms with Crippen LogP contribution in [-0.4, -0.2) is 57.3 Å². The number of phenolic OH excluding ortho intramolecular Hbond substituents is 1. The van der Waals surface area contributed by atoms with Gasteiger partial charge in [-0.2, -0.15) is 18.2 Å². The summed E-state index contributed by atoms with van der Waals surface area (Å²) in [5.74, 6) is -6.93. The fraction of sp³-hybridized carbons (Fsp3) is 0.343. The summed E-state index contributed by atoms with van der Waals surface area (Å²) >= 11 is 12.5. The molecule has 0 radical (unpaired) electrons. The Bertz CT molecular complexity index is 1990. The number of rotatable bonds is 6. The van der Waals surface area contributed by atoms with E-state index in [1.165, 1.54) is 18.1 Å². The highest BCUT2D eigenvalue weighted by Crippen LogP contribution is 2.65. The van der Waals surface area contributed by atoms with Gasteiger partial charge in [0.25, 0.3) is 11.8 Å². The molecule has 3 aromatic rings. The minimum Gasteiger partial charge on any atom is -0.508 e. The van der Waals surface area contributed by atoms with Gasteiger partial charge in [-0.15, -0.1) is 0 Å². The molecule has 2 N–H and O–H groups in total. The Morgan fingerprint density at radius 2 is 1.74 bits per heavy atom. The molecule has 1 aromatic heterocycles. The monoisotopic (exact) mass is 728 g/mol. The van der Waals surface area contributed by atoms with Crippen molar-refractivity contribution in [2.24, 2.45) is 23.7 Å². The van der Waals surface area contributed by atoms with Crippen LogP contribution in [0, 0.1) is 23.7 Å². The molecule has 50 heavy (non-hydrogen) atoms. The molecule has 0 spiro atoms. The van der Waals surface area contributed by atoms with Crippen molar-refractivity contribution in [3.05, 3.63) is 93.1 Å². The lowest BCUT2D eigenvalue weighted by Crippen LogP contribution is -2.53. The van der Waals surface area contributed by atoms with E-state index < -0.39 is 63.6 Å². The topological polar surface area (TPSA) is 129 Å². The van der Waals surface area contributed by atoms with Gasteiger partial charge in [0.2, 0.25) is 11.8 Å². The molecule has 2 aliphatic heterocycles. The predicted molar refractivity (Wildman–Crippen MR) is 174 cm³/mol. The molecule has 3 fully saturated rings. The first-order chi connectivity index (χ1) is 23.7. The summed E-state index contributed by atoms with van der Waals surface area (Å²) in [4.78, 5) is 61.9. The summed E-state index contributed by atoms with van der Waals surface area (Å²) in [5.41, 5.74) is 0.910. The second-order valence-corrected chi connectivity index (χ2v) is 13.6. The molecule has 7 rings (SSSR count). The average molecular weight is 730 g/mol. The molecule has 0 bridgehead atoms. The number of ether oxygens (including phenoxy) is 1. The van der Waals surface area contributed by atoms with E-state index in [9.17, 15) is 32.7 Å². The van der Waals surface area contributed by atoms with Gasteiger partial charge in [-0.1, -0.05) is 53.1 Å². The van der Waals surface area contributed by atoms with Crippen LogP contribution in [0.2, 0.25) is 10.0 Å². The van der Waals surface area contributed by atoms with Crippen molar-refractivity contribution in [1.82, 2.24) is 14.9 Å². The molecule has 6 unspecified atom stereocenters. The first kappa shape index (κ1) is 33.9. The molecule has 4 aliphatic rings. The number of allylic oxidation sites excluding steroid dienone is 2. The van der Waals surface area contributed by atoms with Crippen molar-refractivity contribution in [2.75, 3.05) is 19.1 Å². The quantitative estimate of drug-likeness (QED) is 0.229. The molecular formula is C35H29Cl2F3N4O6. The zero-order valence-electron chi connectivity index (χ0n) is 26.5. The van der Waals surface area contributed by atoms with Crippen molar-refractivity contribution in [3.8, 4) is 11.5 Å². The van der Waals surface area contributed by atoms with Gasteiger partial charge in [0.05, 0.1) is 40.9 Å². The van der Waals surface area contributed by atoms with E-state index in [0.29, 0.717) is 39.2 Å². The number of hydrogen-bond donors (Lipinski definition) is 2. The molecule has 260 valence electrons. The van der Waals surface area contributed by atoms with Gasteiger partial charge in [0, 0.05) is 35.3 Å². The Morgan fingerprint density at radius 1 is 1.02 bits per heavy atom. The summed E-state index contributed by atoms with van der Waals surface area (Å²) in [7, 11) is 1.42. The number of alkyl halides is 3. The number of fused-ring (bicyclic) bond motifs is 4. The van der Waals surface area contributed by atoms with E-state index in [-0.39, 0.29) is 48.3 Å². The molecule has 15 heteroatoms. The average Bonchev–Trinajstić information content (AvgIpc) is 3.45. The summed E-state index contributed by atoms with van der Waals surface area (Å²) in [5, 5.41) is 12.1. The molecule has 4 amide bonds. The zero-order valence-corrected chi connectivity index (χ0v) is 28.0. The zero-order chi connectivity index (χ0) is 35.9. The first-order valence-corrected chi connectivity index (χ1v) is 16.5. The lowest BCUT2D eigenvalue weighted by molar-refractivity contribution is -0.141. The third-order valence-electron chi connectivity index (χ3n) is 10.5. The Hall–Kier alpha value is -4.62. The van der Waals surface area contributed by atoms with Gasteiger partial charge in [-0.05, 0) is 55.5 Å². The standard InChI is InChI=1S/C35H29Cl2F3N4O6/c1-3-43-30(46)22-11-10-20-23(27(22)32(43)48)14-24-31(47)44(42-29-25(37)12-17(15-41-29)35(38,39)40)33(49)34(24,16-4-6-18(36)7-5-16)28(20)21-9-8-19(50-2)13-26(21)45/h4-10,12-13,15,22-24,27-28,45H,3,11,14H2,1-2H3,(H,41,42). The molecule has 2 aromatic carbocycles. The summed E-state index contributed by atoms with van der Waals surface area (Å²) in [6.45, 7) is 1.87. The second-order valence-electron chi connectivity index (χ2n) is 12.8. The molecule has 10 nitrogen and oxygen atoms in total. The Morgan fingerprint density at radius 3 is 2.36 bits per heavy atom. The fourth-order valence-electron chi connectivity index (χ4n) is 8.40. The van der Waals surface area contributed by atoms with E-state index in [0.717, 1.165) is 0 Å². The van der Waals surface area contributed by atoms with Crippen molar-refractivity contribution in [2.45, 2.75) is 37.3 Å². The number of pyridine rings is 1. The second kappa shape index (κ2) is 12.0. The number of benzene rings is 2. The van der Waals surface area contributed by atoms with E-state index >= 15 is 4.79 Å². The number of phenols is 1. The van der Waals surface area contributed by atoms with Gasteiger partial charge in [0.1, 0.15) is 11.5 Å². The van der Waals surface area contributed by atoms with Crippen molar-refractivity contribution >= 4 is 52.6 Å². The number of nitrogens with zero attached hydrogens (tertiary/aromatic N) is 3. The normalized spacial score (nSPS) is 27.6. The van der Waals surface area contributed by atoms with E-state index in [1.807, 2.05) is 6.08 Å². The van der Waals surface area contributed by atoms with Gasteiger partial charge in [-0.25, -0.2) is 4.98 Å². The number of aromatic nitrogens is 1. The summed E-state index contributed by atoms with van der Waals surface area (Å²) < 4.78 is 45.5. The smallest absolute Gasteiger partial charge is 0.417 e. The van der Waals surface area contributed by atoms with Crippen LogP contribution in [0.1, 0.15) is 42.4 Å². The summed E-state index contributed by atoms with van der Waals surface area (Å²) in [6, 6.07) is 11.5. The van der Waals surface area contributed by atoms with Crippen LogP contribution in [-0.2, 0) is 30.8 Å². The predicted octanol–water partition coefficient (Wildman–Crippen LogP) is 6.13. The molecule has 6 atom stereocenters. The maximum atomic E-state index is 15.1. The van der Waals surface area contributed by atoms with Gasteiger partial charge in [0.15, 0.2) is 5.82 Å². The number of likely N-dealkylation sites (tertiary alicyclic amines) is 1. The molecule has 2 saturated heterocycles. The van der Waals surface area contributed by atoms with Crippen LogP contribution in [0.15, 0.2) is 66.4 Å². The van der Waals surface area contributed by atoms with E-state index in [4.69, 9.17) is 27.9 Å². The van der Waals surface area contributed by atoms with Crippen LogP contribution in [0.3, 0.4) is 0 Å². The number of carbonyl (C=O) groups is 4.